The molecule has 3 atom stereocenters. The number of carbonyl (C=O) groups excluding carboxylic acids is 4. The molecule has 10 heteroatoms. The van der Waals surface area contributed by atoms with Crippen LogP contribution >= 0.6 is 0 Å². The van der Waals surface area contributed by atoms with Gasteiger partial charge in [0.15, 0.2) is 5.79 Å². The van der Waals surface area contributed by atoms with Gasteiger partial charge in [-0.05, 0) is 32.1 Å². The molecule has 0 bridgehead atoms. The number of aliphatic hydroxyl groups is 1. The van der Waals surface area contributed by atoms with E-state index in [1.54, 1.807) is 13.2 Å². The fraction of sp³-hybridized carbons (Fsp3) is 0.692. The first-order valence-corrected chi connectivity index (χ1v) is 12.1. The van der Waals surface area contributed by atoms with Crippen LogP contribution in [0.25, 0.3) is 0 Å². The first kappa shape index (κ1) is 31.5. The number of hydrogen-bond donors (Lipinski definition) is 1. The normalized spacial score (nSPS) is 27.9. The van der Waals surface area contributed by atoms with Gasteiger partial charge in [-0.15, -0.1) is 0 Å². The van der Waals surface area contributed by atoms with E-state index in [1.165, 1.54) is 13.0 Å². The Hall–Kier alpha value is -2.56. The summed E-state index contributed by atoms with van der Waals surface area (Å²) in [5.41, 5.74) is -1.72. The molecule has 0 amide bonds. The maximum absolute atomic E-state index is 12.1. The highest BCUT2D eigenvalue weighted by molar-refractivity contribution is 6.05. The van der Waals surface area contributed by atoms with Crippen molar-refractivity contribution >= 4 is 23.7 Å². The predicted octanol–water partition coefficient (Wildman–Crippen LogP) is 2.67. The molecule has 204 valence electrons. The number of fused-ring (bicyclic) bond motifs is 1. The van der Waals surface area contributed by atoms with E-state index >= 15 is 0 Å². The second-order valence-corrected chi connectivity index (χ2v) is 8.71. The van der Waals surface area contributed by atoms with Gasteiger partial charge in [0.2, 0.25) is 0 Å². The van der Waals surface area contributed by atoms with E-state index in [4.69, 9.17) is 28.8 Å². The molecule has 1 saturated heterocycles. The second-order valence-electron chi connectivity index (χ2n) is 8.71. The number of methoxy groups -OCH3 is 1. The minimum atomic E-state index is -1.13. The summed E-state index contributed by atoms with van der Waals surface area (Å²) in [5, 5.41) is 7.00. The standard InChI is InChI=1S/C13H18O5.C12H18O4.CH4O/c1-3-8-18-12(16)13(6-4-5-11(13)15)7-9-17-10(2)14;1-3-8-15-10(13)11-5-4-6-12(11,14-2)16-9-7-11;1-2/h3H,1,4-9H2,2H3;3H,1,4-9H2,2H3;2H,1H3. The van der Waals surface area contributed by atoms with Crippen LogP contribution in [0.1, 0.15) is 58.3 Å². The summed E-state index contributed by atoms with van der Waals surface area (Å²) in [6.07, 6.45) is 7.93. The quantitative estimate of drug-likeness (QED) is 0.201. The van der Waals surface area contributed by atoms with Crippen molar-refractivity contribution in [3.8, 4) is 0 Å². The van der Waals surface area contributed by atoms with E-state index in [-0.39, 0.29) is 38.0 Å². The third-order valence-electron chi connectivity index (χ3n) is 6.85. The smallest absolute Gasteiger partial charge is 0.320 e. The van der Waals surface area contributed by atoms with E-state index < -0.39 is 28.6 Å². The van der Waals surface area contributed by atoms with Gasteiger partial charge in [0, 0.05) is 40.4 Å². The molecule has 3 rings (SSSR count). The van der Waals surface area contributed by atoms with Crippen LogP contribution in [0.4, 0.5) is 0 Å². The number of aliphatic hydroxyl groups excluding tert-OH is 1. The Morgan fingerprint density at radius 1 is 0.972 bits per heavy atom. The van der Waals surface area contributed by atoms with Crippen LogP contribution in [-0.2, 0) is 42.9 Å². The molecule has 1 aliphatic heterocycles. The molecule has 0 aromatic rings. The molecular weight excluding hydrogens is 472 g/mol. The Morgan fingerprint density at radius 2 is 1.61 bits per heavy atom. The van der Waals surface area contributed by atoms with Crippen LogP contribution in [0.3, 0.4) is 0 Å². The minimum Gasteiger partial charge on any atom is -0.466 e. The van der Waals surface area contributed by atoms with Crippen molar-refractivity contribution in [1.29, 1.82) is 0 Å². The summed E-state index contributed by atoms with van der Waals surface area (Å²) in [5.74, 6) is -2.02. The van der Waals surface area contributed by atoms with Gasteiger partial charge in [0.25, 0.3) is 0 Å². The highest BCUT2D eigenvalue weighted by Crippen LogP contribution is 2.56. The van der Waals surface area contributed by atoms with Crippen LogP contribution in [0.15, 0.2) is 25.3 Å². The topological polar surface area (TPSA) is 135 Å². The maximum Gasteiger partial charge on any atom is 0.320 e. The maximum atomic E-state index is 12.1. The van der Waals surface area contributed by atoms with E-state index in [0.29, 0.717) is 32.3 Å². The van der Waals surface area contributed by atoms with Crippen molar-refractivity contribution in [2.75, 3.05) is 40.6 Å². The first-order valence-electron chi connectivity index (χ1n) is 12.1. The van der Waals surface area contributed by atoms with Crippen LogP contribution < -0.4 is 0 Å². The molecule has 1 heterocycles. The SMILES string of the molecule is C=CCOC(=O)C1(CCOC(C)=O)CCCC1=O.C=CCOC(=O)C12CCCC1(OC)OCC2.CO. The third-order valence-corrected chi connectivity index (χ3v) is 6.85. The molecule has 0 spiro atoms. The van der Waals surface area contributed by atoms with E-state index in [0.717, 1.165) is 26.4 Å². The lowest BCUT2D eigenvalue weighted by Gasteiger charge is -2.35. The van der Waals surface area contributed by atoms with Gasteiger partial charge in [-0.25, -0.2) is 0 Å². The number of ether oxygens (including phenoxy) is 5. The summed E-state index contributed by atoms with van der Waals surface area (Å²) in [4.78, 5) is 46.7. The summed E-state index contributed by atoms with van der Waals surface area (Å²) in [6, 6.07) is 0. The average Bonchev–Trinajstić information content (AvgIpc) is 3.54. The van der Waals surface area contributed by atoms with Crippen molar-refractivity contribution in [1.82, 2.24) is 0 Å². The van der Waals surface area contributed by atoms with Crippen LogP contribution in [0.2, 0.25) is 0 Å². The lowest BCUT2D eigenvalue weighted by atomic mass is 9.80. The molecule has 3 fully saturated rings. The number of rotatable bonds is 10. The number of esters is 3. The van der Waals surface area contributed by atoms with Gasteiger partial charge < -0.3 is 28.8 Å². The molecule has 0 aromatic heterocycles. The zero-order valence-corrected chi connectivity index (χ0v) is 21.7. The summed E-state index contributed by atoms with van der Waals surface area (Å²) in [7, 11) is 2.60. The van der Waals surface area contributed by atoms with Crippen molar-refractivity contribution < 1.29 is 48.0 Å². The van der Waals surface area contributed by atoms with Gasteiger partial charge in [-0.1, -0.05) is 25.3 Å². The van der Waals surface area contributed by atoms with Gasteiger partial charge >= 0.3 is 17.9 Å². The highest BCUT2D eigenvalue weighted by atomic mass is 16.7. The molecular formula is C26H40O10. The fourth-order valence-electron chi connectivity index (χ4n) is 5.11. The van der Waals surface area contributed by atoms with Gasteiger partial charge in [-0.3, -0.25) is 19.2 Å². The van der Waals surface area contributed by atoms with Crippen molar-refractivity contribution in [3.63, 3.8) is 0 Å². The summed E-state index contributed by atoms with van der Waals surface area (Å²) >= 11 is 0. The Bertz CT molecular complexity index is 780. The van der Waals surface area contributed by atoms with Crippen molar-refractivity contribution in [3.05, 3.63) is 25.3 Å². The Kier molecular flexibility index (Phi) is 13.0. The molecule has 10 nitrogen and oxygen atoms in total. The van der Waals surface area contributed by atoms with Crippen LogP contribution in [-0.4, -0.2) is 75.2 Å². The summed E-state index contributed by atoms with van der Waals surface area (Å²) in [6.45, 7) is 9.25. The minimum absolute atomic E-state index is 0.0598. The van der Waals surface area contributed by atoms with Gasteiger partial charge in [-0.2, -0.15) is 0 Å². The monoisotopic (exact) mass is 512 g/mol. The Balaban J connectivity index is 0.000000338. The number of Topliss-reactive ketones (excluding diaryl/α,β-unsaturated/α-hetero) is 1. The molecule has 2 aliphatic carbocycles. The molecule has 0 radical (unpaired) electrons. The van der Waals surface area contributed by atoms with Crippen molar-refractivity contribution in [2.45, 2.75) is 64.1 Å². The predicted molar refractivity (Wildman–Crippen MR) is 130 cm³/mol. The van der Waals surface area contributed by atoms with Crippen LogP contribution in [0, 0.1) is 10.8 Å². The van der Waals surface area contributed by atoms with E-state index in [9.17, 15) is 19.2 Å². The highest BCUT2D eigenvalue weighted by Gasteiger charge is 2.65. The zero-order chi connectivity index (χ0) is 27.2. The lowest BCUT2D eigenvalue weighted by molar-refractivity contribution is -0.237. The lowest BCUT2D eigenvalue weighted by Crippen LogP contribution is -2.48. The number of ketones is 1. The third kappa shape index (κ3) is 6.80. The Morgan fingerprint density at radius 3 is 2.14 bits per heavy atom. The largest absolute Gasteiger partial charge is 0.466 e. The number of hydrogen-bond acceptors (Lipinski definition) is 10. The van der Waals surface area contributed by atoms with Crippen molar-refractivity contribution in [2.24, 2.45) is 10.8 Å². The molecule has 1 N–H and O–H groups in total. The first-order chi connectivity index (χ1) is 17.2. The van der Waals surface area contributed by atoms with Gasteiger partial charge in [0.1, 0.15) is 29.8 Å². The fourth-order valence-corrected chi connectivity index (χ4v) is 5.11. The Labute approximate surface area is 212 Å². The number of carbonyl (C=O) groups is 4. The van der Waals surface area contributed by atoms with E-state index in [2.05, 4.69) is 13.2 Å². The van der Waals surface area contributed by atoms with E-state index in [1.807, 2.05) is 0 Å². The second kappa shape index (κ2) is 14.9. The molecule has 3 unspecified atom stereocenters. The molecule has 3 aliphatic rings. The summed E-state index contributed by atoms with van der Waals surface area (Å²) < 4.78 is 26.1. The average molecular weight is 513 g/mol. The zero-order valence-electron chi connectivity index (χ0n) is 21.7. The molecule has 2 saturated carbocycles. The van der Waals surface area contributed by atoms with Crippen LogP contribution in [0.5, 0.6) is 0 Å². The van der Waals surface area contributed by atoms with Gasteiger partial charge in [0.05, 0.1) is 13.2 Å². The molecule has 36 heavy (non-hydrogen) atoms. The molecule has 0 aromatic carbocycles.